The summed E-state index contributed by atoms with van der Waals surface area (Å²) in [6.45, 7) is 6.83. The van der Waals surface area contributed by atoms with Gasteiger partial charge in [-0.05, 0) is 27.7 Å². The summed E-state index contributed by atoms with van der Waals surface area (Å²) >= 11 is 0. The van der Waals surface area contributed by atoms with E-state index in [0.29, 0.717) is 11.1 Å². The summed E-state index contributed by atoms with van der Waals surface area (Å²) < 4.78 is 11.4. The van der Waals surface area contributed by atoms with Crippen molar-refractivity contribution >= 4 is 5.87 Å². The lowest BCUT2D eigenvalue weighted by Crippen LogP contribution is -2.22. The molecule has 0 saturated heterocycles. The first-order valence-corrected chi connectivity index (χ1v) is 8.93. The Morgan fingerprint density at radius 2 is 1.48 bits per heavy atom. The second-order valence-corrected chi connectivity index (χ2v) is 7.42. The molecule has 0 radical (unpaired) electrons. The Morgan fingerprint density at radius 3 is 1.97 bits per heavy atom. The molecule has 0 aromatic heterocycles. The Hall–Kier alpha value is -4.80. The molecule has 2 aliphatic rings. The van der Waals surface area contributed by atoms with Gasteiger partial charge in [0, 0.05) is 17.0 Å². The van der Waals surface area contributed by atoms with Gasteiger partial charge in [0.15, 0.2) is 22.7 Å². The van der Waals surface area contributed by atoms with Crippen molar-refractivity contribution in [1.82, 2.24) is 0 Å². The van der Waals surface area contributed by atoms with Gasteiger partial charge in [-0.1, -0.05) is 18.2 Å². The summed E-state index contributed by atoms with van der Waals surface area (Å²) in [5, 5.41) is 53.9. The molecule has 150 valence electrons. The highest BCUT2D eigenvalue weighted by Gasteiger charge is 2.40. The van der Waals surface area contributed by atoms with Crippen molar-refractivity contribution in [2.24, 2.45) is 0 Å². The minimum Gasteiger partial charge on any atom is -0.480 e. The molecule has 1 N–H and O–H groups in total. The van der Waals surface area contributed by atoms with E-state index in [0.717, 1.165) is 0 Å². The quantitative estimate of drug-likeness (QED) is 0.550. The van der Waals surface area contributed by atoms with E-state index in [1.165, 1.54) is 0 Å². The highest BCUT2D eigenvalue weighted by Crippen LogP contribution is 2.42. The average Bonchev–Trinajstić information content (AvgIpc) is 3.13. The van der Waals surface area contributed by atoms with Crippen LogP contribution < -0.4 is 0 Å². The smallest absolute Gasteiger partial charge is 0.172 e. The van der Waals surface area contributed by atoms with Crippen LogP contribution in [0.5, 0.6) is 0 Å². The van der Waals surface area contributed by atoms with E-state index >= 15 is 0 Å². The molecule has 0 aromatic rings. The summed E-state index contributed by atoms with van der Waals surface area (Å²) in [7, 11) is 0. The summed E-state index contributed by atoms with van der Waals surface area (Å²) in [5.74, 6) is 1.90. The fraction of sp³-hybridized carbons (Fsp3) is 0.261. The van der Waals surface area contributed by atoms with Gasteiger partial charge >= 0.3 is 0 Å². The predicted octanol–water partition coefficient (Wildman–Crippen LogP) is 3.68. The molecule has 0 atom stereocenters. The van der Waals surface area contributed by atoms with Crippen LogP contribution in [0.4, 0.5) is 0 Å². The van der Waals surface area contributed by atoms with Crippen LogP contribution >= 0.6 is 0 Å². The molecular formula is C23H16N6O2. The van der Waals surface area contributed by atoms with Crippen LogP contribution in [0.2, 0.25) is 0 Å². The number of hydrogen-bond acceptors (Lipinski definition) is 8. The summed E-state index contributed by atoms with van der Waals surface area (Å²) in [6.07, 6.45) is 4.81. The molecule has 31 heavy (non-hydrogen) atoms. The lowest BCUT2D eigenvalue weighted by Gasteiger charge is -2.21. The molecule has 0 unspecified atom stereocenters. The van der Waals surface area contributed by atoms with E-state index in [2.05, 4.69) is 0 Å². The topological polar surface area (TPSA) is 161 Å². The highest BCUT2D eigenvalue weighted by molar-refractivity contribution is 5.72. The van der Waals surface area contributed by atoms with E-state index in [1.807, 2.05) is 18.0 Å². The van der Waals surface area contributed by atoms with Crippen LogP contribution in [0, 0.1) is 62.1 Å². The largest absolute Gasteiger partial charge is 0.480 e. The summed E-state index contributed by atoms with van der Waals surface area (Å²) in [6, 6.07) is 9.25. The maximum Gasteiger partial charge on any atom is 0.172 e. The van der Waals surface area contributed by atoms with Crippen LogP contribution in [0.25, 0.3) is 0 Å². The first-order valence-electron chi connectivity index (χ1n) is 8.93. The van der Waals surface area contributed by atoms with E-state index in [4.69, 9.17) is 25.4 Å². The molecule has 0 aliphatic carbocycles. The average molecular weight is 408 g/mol. The Labute approximate surface area is 179 Å². The van der Waals surface area contributed by atoms with Crippen molar-refractivity contribution in [2.45, 2.75) is 38.9 Å². The standard InChI is InChI=1S/C23H16N6O2/c1-22(2)18(16(12-28)20(30-22)14(8-24)9-25)6-5-7-19-17(13-29)21(15(10-26)11-27)31-23(19,3)4/h5-7,24H,1-4H3/b7-5+,18-6-. The number of ether oxygens (including phenoxy) is 2. The molecule has 0 aromatic carbocycles. The van der Waals surface area contributed by atoms with Crippen molar-refractivity contribution in [1.29, 1.82) is 31.7 Å². The number of hydrogen-bond donors (Lipinski definition) is 1. The summed E-state index contributed by atoms with van der Waals surface area (Å²) in [4.78, 5) is 0. The third-order valence-corrected chi connectivity index (χ3v) is 4.67. The molecule has 0 saturated carbocycles. The minimum absolute atomic E-state index is 0.0102. The Bertz CT molecular complexity index is 1260. The molecule has 2 rings (SSSR count). The van der Waals surface area contributed by atoms with Crippen molar-refractivity contribution in [2.75, 3.05) is 0 Å². The number of nitrogens with one attached hydrogen (secondary N) is 1. The zero-order chi connectivity index (χ0) is 23.4. The van der Waals surface area contributed by atoms with Crippen LogP contribution in [0.1, 0.15) is 27.7 Å². The van der Waals surface area contributed by atoms with Crippen molar-refractivity contribution in [3.8, 4) is 30.3 Å². The van der Waals surface area contributed by atoms with E-state index in [1.54, 1.807) is 64.1 Å². The van der Waals surface area contributed by atoms with E-state index < -0.39 is 11.2 Å². The van der Waals surface area contributed by atoms with Crippen molar-refractivity contribution in [3.63, 3.8) is 0 Å². The minimum atomic E-state index is -0.966. The second-order valence-electron chi connectivity index (χ2n) is 7.42. The van der Waals surface area contributed by atoms with Gasteiger partial charge in [-0.25, -0.2) is 0 Å². The van der Waals surface area contributed by atoms with Gasteiger partial charge in [0.05, 0.1) is 0 Å². The van der Waals surface area contributed by atoms with Crippen molar-refractivity contribution in [3.05, 3.63) is 63.2 Å². The van der Waals surface area contributed by atoms with Crippen molar-refractivity contribution < 1.29 is 9.47 Å². The monoisotopic (exact) mass is 408 g/mol. The number of nitriles is 5. The van der Waals surface area contributed by atoms with Gasteiger partial charge in [-0.3, -0.25) is 5.41 Å². The Kier molecular flexibility index (Phi) is 6.01. The van der Waals surface area contributed by atoms with Crippen LogP contribution in [0.15, 0.2) is 63.2 Å². The third-order valence-electron chi connectivity index (χ3n) is 4.67. The fourth-order valence-corrected chi connectivity index (χ4v) is 3.21. The normalized spacial score (nSPS) is 19.5. The van der Waals surface area contributed by atoms with Crippen LogP contribution in [-0.2, 0) is 9.47 Å². The lowest BCUT2D eigenvalue weighted by atomic mass is 9.91. The van der Waals surface area contributed by atoms with Gasteiger partial charge in [0.1, 0.15) is 52.7 Å². The van der Waals surface area contributed by atoms with E-state index in [-0.39, 0.29) is 33.8 Å². The third kappa shape index (κ3) is 3.87. The highest BCUT2D eigenvalue weighted by atomic mass is 16.5. The molecule has 0 amide bonds. The van der Waals surface area contributed by atoms with Gasteiger partial charge in [0.2, 0.25) is 0 Å². The van der Waals surface area contributed by atoms with Crippen LogP contribution in [0.3, 0.4) is 0 Å². The molecule has 8 heteroatoms. The number of rotatable bonds is 3. The summed E-state index contributed by atoms with van der Waals surface area (Å²) in [5.41, 5.74) is -1.27. The van der Waals surface area contributed by atoms with Gasteiger partial charge < -0.3 is 9.47 Å². The fourth-order valence-electron chi connectivity index (χ4n) is 3.21. The molecule has 0 bridgehead atoms. The number of allylic oxidation sites excluding steroid dienone is 5. The zero-order valence-corrected chi connectivity index (χ0v) is 17.3. The SMILES string of the molecule is CC1(C)OC(=C(C#N)C#N)C(C#N)=C1/C=C/C=C1/C(C#N)=C(C(=C=N)C#N)OC1(C)C. The molecule has 0 spiro atoms. The molecule has 2 aliphatic heterocycles. The first-order chi connectivity index (χ1) is 14.6. The lowest BCUT2D eigenvalue weighted by molar-refractivity contribution is 0.0953. The predicted molar refractivity (Wildman–Crippen MR) is 108 cm³/mol. The Morgan fingerprint density at radius 1 is 0.871 bits per heavy atom. The number of nitrogens with zero attached hydrogens (tertiary/aromatic N) is 5. The maximum absolute atomic E-state index is 9.60. The molecule has 2 heterocycles. The first kappa shape index (κ1) is 22.5. The van der Waals surface area contributed by atoms with Gasteiger partial charge in [-0.15, -0.1) is 0 Å². The van der Waals surface area contributed by atoms with E-state index in [9.17, 15) is 15.8 Å². The van der Waals surface area contributed by atoms with Crippen LogP contribution in [-0.4, -0.2) is 17.1 Å². The zero-order valence-electron chi connectivity index (χ0n) is 17.3. The van der Waals surface area contributed by atoms with Gasteiger partial charge in [-0.2, -0.15) is 26.3 Å². The van der Waals surface area contributed by atoms with Gasteiger partial charge in [0.25, 0.3) is 0 Å². The second kappa shape index (κ2) is 8.29. The molecule has 0 fully saturated rings. The molecular weight excluding hydrogens is 392 g/mol. The molecule has 8 nitrogen and oxygen atoms in total. The maximum atomic E-state index is 9.60. The Balaban J connectivity index is 2.64.